The van der Waals surface area contributed by atoms with E-state index in [1.807, 2.05) is 37.3 Å². The second-order valence-electron chi connectivity index (χ2n) is 9.88. The van der Waals surface area contributed by atoms with Crippen molar-refractivity contribution in [3.63, 3.8) is 0 Å². The summed E-state index contributed by atoms with van der Waals surface area (Å²) in [5.41, 5.74) is 10.8. The number of aliphatic imine (C=N–C) groups is 1. The molecule has 10 heteroatoms. The number of carbonyl (C=O) groups is 1. The van der Waals surface area contributed by atoms with Crippen LogP contribution in [0.15, 0.2) is 95.0 Å². The molecule has 4 heterocycles. The van der Waals surface area contributed by atoms with E-state index in [2.05, 4.69) is 20.3 Å². The van der Waals surface area contributed by atoms with E-state index in [-0.39, 0.29) is 17.4 Å². The summed E-state index contributed by atoms with van der Waals surface area (Å²) >= 11 is 6.35. The van der Waals surface area contributed by atoms with Crippen LogP contribution in [-0.2, 0) is 4.79 Å². The van der Waals surface area contributed by atoms with Crippen LogP contribution in [-0.4, -0.2) is 38.2 Å². The molecule has 2 atom stereocenters. The van der Waals surface area contributed by atoms with E-state index in [0.29, 0.717) is 52.6 Å². The molecule has 3 N–H and O–H groups in total. The molecule has 2 unspecified atom stereocenters. The molecular weight excluding hydrogens is 538 g/mol. The fraction of sp³-hybridized carbons (Fsp3) is 0.226. The Morgan fingerprint density at radius 1 is 1.00 bits per heavy atom. The second-order valence-corrected chi connectivity index (χ2v) is 10.3. The fourth-order valence-electron chi connectivity index (χ4n) is 5.06. The van der Waals surface area contributed by atoms with Crippen molar-refractivity contribution in [3.8, 4) is 22.5 Å². The highest BCUT2D eigenvalue weighted by Crippen LogP contribution is 2.32. The van der Waals surface area contributed by atoms with Gasteiger partial charge in [0.1, 0.15) is 0 Å². The van der Waals surface area contributed by atoms with Gasteiger partial charge in [0.05, 0.1) is 40.9 Å². The van der Waals surface area contributed by atoms with Crippen LogP contribution in [0.2, 0.25) is 5.02 Å². The summed E-state index contributed by atoms with van der Waals surface area (Å²) in [5.74, 6) is -0.401. The quantitative estimate of drug-likeness (QED) is 0.367. The van der Waals surface area contributed by atoms with Gasteiger partial charge in [0.15, 0.2) is 0 Å². The number of benzene rings is 1. The van der Waals surface area contributed by atoms with E-state index in [9.17, 15) is 9.59 Å². The van der Waals surface area contributed by atoms with Crippen molar-refractivity contribution in [2.45, 2.75) is 32.2 Å². The molecule has 1 aliphatic heterocycles. The summed E-state index contributed by atoms with van der Waals surface area (Å²) < 4.78 is 1.60. The molecule has 0 fully saturated rings. The lowest BCUT2D eigenvalue weighted by atomic mass is 9.96. The summed E-state index contributed by atoms with van der Waals surface area (Å²) in [7, 11) is 1.64. The Kier molecular flexibility index (Phi) is 8.35. The largest absolute Gasteiger partial charge is 0.403 e. The Hall–Kier alpha value is -4.63. The average Bonchev–Trinajstić information content (AvgIpc) is 2.99. The highest BCUT2D eigenvalue weighted by molar-refractivity contribution is 6.31. The molecule has 208 valence electrons. The van der Waals surface area contributed by atoms with Gasteiger partial charge in [0.2, 0.25) is 5.91 Å². The smallest absolute Gasteiger partial charge is 0.254 e. The zero-order valence-corrected chi connectivity index (χ0v) is 23.5. The molecule has 2 bridgehead atoms. The molecule has 5 rings (SSSR count). The number of hydrogen-bond donors (Lipinski definition) is 2. The molecule has 41 heavy (non-hydrogen) atoms. The third kappa shape index (κ3) is 5.95. The Labute approximate surface area is 242 Å². The van der Waals surface area contributed by atoms with E-state index in [4.69, 9.17) is 22.3 Å². The van der Waals surface area contributed by atoms with E-state index in [1.54, 1.807) is 48.5 Å². The number of pyridine rings is 2. The van der Waals surface area contributed by atoms with Crippen molar-refractivity contribution >= 4 is 23.2 Å². The molecular formula is C31H30ClN7O2. The zero-order chi connectivity index (χ0) is 28.9. The summed E-state index contributed by atoms with van der Waals surface area (Å²) in [4.78, 5) is 44.7. The minimum atomic E-state index is -0.406. The van der Waals surface area contributed by atoms with Gasteiger partial charge in [0, 0.05) is 59.3 Å². The van der Waals surface area contributed by atoms with E-state index >= 15 is 0 Å². The van der Waals surface area contributed by atoms with Crippen molar-refractivity contribution in [1.82, 2.24) is 24.8 Å². The van der Waals surface area contributed by atoms with Crippen molar-refractivity contribution in [3.05, 3.63) is 112 Å². The zero-order valence-electron chi connectivity index (χ0n) is 22.8. The van der Waals surface area contributed by atoms with Crippen LogP contribution in [0.25, 0.3) is 22.5 Å². The van der Waals surface area contributed by atoms with Crippen molar-refractivity contribution in [2.24, 2.45) is 16.6 Å². The highest BCUT2D eigenvalue weighted by Gasteiger charge is 2.24. The molecule has 3 aromatic heterocycles. The van der Waals surface area contributed by atoms with Crippen LogP contribution < -0.4 is 16.6 Å². The number of amides is 1. The lowest BCUT2D eigenvalue weighted by Crippen LogP contribution is -2.33. The first-order valence-corrected chi connectivity index (χ1v) is 13.7. The van der Waals surface area contributed by atoms with Gasteiger partial charge in [-0.3, -0.25) is 29.1 Å². The molecule has 1 aliphatic rings. The van der Waals surface area contributed by atoms with Crippen LogP contribution >= 0.6 is 11.6 Å². The summed E-state index contributed by atoms with van der Waals surface area (Å²) in [6.07, 6.45) is 8.19. The number of rotatable bonds is 3. The Balaban J connectivity index is 1.59. The molecule has 0 aliphatic carbocycles. The Bertz CT molecular complexity index is 1700. The molecule has 1 aromatic carbocycles. The molecule has 0 spiro atoms. The topological polar surface area (TPSA) is 128 Å². The first-order valence-electron chi connectivity index (χ1n) is 13.4. The van der Waals surface area contributed by atoms with Crippen LogP contribution in [0, 0.1) is 5.92 Å². The number of carbonyl (C=O) groups excluding carboxylic acids is 1. The molecule has 0 saturated carbocycles. The van der Waals surface area contributed by atoms with E-state index in [1.165, 1.54) is 12.3 Å². The minimum absolute atomic E-state index is 0.136. The lowest BCUT2D eigenvalue weighted by Gasteiger charge is -2.23. The van der Waals surface area contributed by atoms with Gasteiger partial charge in [-0.25, -0.2) is 4.98 Å². The summed E-state index contributed by atoms with van der Waals surface area (Å²) in [6.45, 7) is 1.87. The van der Waals surface area contributed by atoms with Gasteiger partial charge in [-0.15, -0.1) is 0 Å². The van der Waals surface area contributed by atoms with E-state index in [0.717, 1.165) is 16.8 Å². The summed E-state index contributed by atoms with van der Waals surface area (Å²) in [6, 6.07) is 15.9. The first-order chi connectivity index (χ1) is 19.9. The first kappa shape index (κ1) is 27.9. The maximum absolute atomic E-state index is 13.7. The monoisotopic (exact) mass is 567 g/mol. The lowest BCUT2D eigenvalue weighted by molar-refractivity contribution is -0.123. The Morgan fingerprint density at radius 3 is 2.59 bits per heavy atom. The van der Waals surface area contributed by atoms with Gasteiger partial charge in [-0.05, 0) is 49.2 Å². The standard InChI is InChI=1S/C31H30ClN7O2/c1-19-6-5-8-28(26-14-20(11-13-36-26)30(34-2)27(17-33)38-31(19)41)39-18-37-25(16-29(39)40)23-15-21(32)9-10-22(23)24-7-3-4-12-35-24/h3-4,7,9-19,28H,5-6,8,33H2,1-2H3,(H,38,41). The third-order valence-corrected chi connectivity index (χ3v) is 7.47. The fourth-order valence-corrected chi connectivity index (χ4v) is 5.23. The number of aromatic nitrogens is 4. The predicted octanol–water partition coefficient (Wildman–Crippen LogP) is 4.77. The van der Waals surface area contributed by atoms with Crippen LogP contribution in [0.4, 0.5) is 0 Å². The van der Waals surface area contributed by atoms with Crippen LogP contribution in [0.5, 0.6) is 0 Å². The average molecular weight is 568 g/mol. The highest BCUT2D eigenvalue weighted by atomic mass is 35.5. The Morgan fingerprint density at radius 2 is 1.85 bits per heavy atom. The molecule has 0 saturated heterocycles. The summed E-state index contributed by atoms with van der Waals surface area (Å²) in [5, 5.41) is 3.44. The van der Waals surface area contributed by atoms with Crippen LogP contribution in [0.3, 0.4) is 0 Å². The molecule has 1 amide bonds. The second kappa shape index (κ2) is 12.3. The molecule has 9 nitrogen and oxygen atoms in total. The number of nitrogens with two attached hydrogens (primary N) is 1. The maximum atomic E-state index is 13.7. The number of nitrogens with one attached hydrogen (secondary N) is 1. The maximum Gasteiger partial charge on any atom is 0.254 e. The SMILES string of the molecule is CN=C1C(=CN)NC(=O)C(C)CCCC(n2cnc(-c3cc(Cl)ccc3-c3ccccn3)cc2=O)c2cc1ccn2. The van der Waals surface area contributed by atoms with Gasteiger partial charge < -0.3 is 11.1 Å². The number of nitrogens with zero attached hydrogens (tertiary/aromatic N) is 5. The van der Waals surface area contributed by atoms with Crippen molar-refractivity contribution in [1.29, 1.82) is 0 Å². The molecule has 0 radical (unpaired) electrons. The number of hydrogen-bond acceptors (Lipinski definition) is 7. The molecule has 4 aromatic rings. The van der Waals surface area contributed by atoms with Gasteiger partial charge >= 0.3 is 0 Å². The normalized spacial score (nSPS) is 19.8. The minimum Gasteiger partial charge on any atom is -0.403 e. The third-order valence-electron chi connectivity index (χ3n) is 7.23. The van der Waals surface area contributed by atoms with Gasteiger partial charge in [-0.2, -0.15) is 0 Å². The number of allylic oxidation sites excluding steroid dienone is 1. The van der Waals surface area contributed by atoms with E-state index < -0.39 is 6.04 Å². The number of halogens is 1. The van der Waals surface area contributed by atoms with Crippen LogP contribution in [0.1, 0.15) is 43.5 Å². The van der Waals surface area contributed by atoms with Gasteiger partial charge in [0.25, 0.3) is 5.56 Å². The number of fused-ring (bicyclic) bond motifs is 2. The van der Waals surface area contributed by atoms with Crippen molar-refractivity contribution < 1.29 is 4.79 Å². The predicted molar refractivity (Wildman–Crippen MR) is 160 cm³/mol. The van der Waals surface area contributed by atoms with Gasteiger partial charge in [-0.1, -0.05) is 37.1 Å². The van der Waals surface area contributed by atoms with Crippen molar-refractivity contribution in [2.75, 3.05) is 7.05 Å².